The van der Waals surface area contributed by atoms with Crippen LogP contribution in [0.2, 0.25) is 0 Å². The molecule has 2 atom stereocenters. The summed E-state index contributed by atoms with van der Waals surface area (Å²) in [6, 6.07) is 8.22. The number of rotatable bonds is 5. The highest BCUT2D eigenvalue weighted by Crippen LogP contribution is 2.37. The highest BCUT2D eigenvalue weighted by Gasteiger charge is 2.38. The van der Waals surface area contributed by atoms with E-state index >= 15 is 0 Å². The third-order valence-electron chi connectivity index (χ3n) is 4.07. The molecule has 2 aliphatic rings. The quantitative estimate of drug-likeness (QED) is 0.631. The van der Waals surface area contributed by atoms with Crippen LogP contribution >= 0.6 is 0 Å². The molecule has 1 aliphatic heterocycles. The zero-order valence-electron chi connectivity index (χ0n) is 11.4. The molecule has 104 valence electrons. The molecule has 2 fully saturated rings. The Balaban J connectivity index is 1.74. The van der Waals surface area contributed by atoms with E-state index in [1.807, 2.05) is 12.1 Å². The van der Waals surface area contributed by atoms with E-state index in [2.05, 4.69) is 24.5 Å². The fraction of sp³-hybridized carbons (Fsp3) is 0.600. The molecular formula is C15H22N2O2. The highest BCUT2D eigenvalue weighted by molar-refractivity contribution is 5.31. The second-order valence-corrected chi connectivity index (χ2v) is 5.75. The second kappa shape index (κ2) is 5.12. The lowest BCUT2D eigenvalue weighted by Crippen LogP contribution is -2.44. The molecule has 4 nitrogen and oxygen atoms in total. The van der Waals surface area contributed by atoms with Gasteiger partial charge < -0.3 is 9.47 Å². The van der Waals surface area contributed by atoms with Gasteiger partial charge in [-0.15, -0.1) is 0 Å². The normalized spacial score (nSPS) is 28.3. The van der Waals surface area contributed by atoms with Crippen molar-refractivity contribution in [2.24, 2.45) is 5.84 Å². The van der Waals surface area contributed by atoms with Gasteiger partial charge in [-0.2, -0.15) is 0 Å². The van der Waals surface area contributed by atoms with Gasteiger partial charge in [0, 0.05) is 6.61 Å². The SMILES string of the molecule is CC1(C(NN)c2ccc(OC3CC3)cc2)CCCO1. The number of hydrogen-bond acceptors (Lipinski definition) is 4. The Bertz CT molecular complexity index is 422. The largest absolute Gasteiger partial charge is 0.490 e. The molecule has 19 heavy (non-hydrogen) atoms. The molecule has 4 heteroatoms. The van der Waals surface area contributed by atoms with Gasteiger partial charge in [-0.25, -0.2) is 0 Å². The molecule has 3 rings (SSSR count). The Morgan fingerprint density at radius 1 is 1.37 bits per heavy atom. The van der Waals surface area contributed by atoms with Crippen molar-refractivity contribution in [2.75, 3.05) is 6.61 Å². The molecule has 1 aliphatic carbocycles. The first kappa shape index (κ1) is 12.9. The molecule has 1 saturated heterocycles. The number of nitrogens with two attached hydrogens (primary N) is 1. The van der Waals surface area contributed by atoms with E-state index in [1.165, 1.54) is 12.8 Å². The minimum Gasteiger partial charge on any atom is -0.490 e. The Labute approximate surface area is 114 Å². The Morgan fingerprint density at radius 3 is 2.63 bits per heavy atom. The average molecular weight is 262 g/mol. The number of benzene rings is 1. The maximum Gasteiger partial charge on any atom is 0.119 e. The van der Waals surface area contributed by atoms with E-state index < -0.39 is 0 Å². The standard InChI is InChI=1S/C15H22N2O2/c1-15(9-2-10-18-15)14(17-16)11-3-5-12(6-4-11)19-13-7-8-13/h3-6,13-14,17H,2,7-10,16H2,1H3. The number of ether oxygens (including phenoxy) is 2. The molecule has 0 amide bonds. The molecule has 1 aromatic carbocycles. The van der Waals surface area contributed by atoms with Crippen LogP contribution in [0.4, 0.5) is 0 Å². The first-order valence-electron chi connectivity index (χ1n) is 7.08. The van der Waals surface area contributed by atoms with Crippen LogP contribution in [-0.2, 0) is 4.74 Å². The third kappa shape index (κ3) is 2.76. The molecule has 2 unspecified atom stereocenters. The minimum absolute atomic E-state index is 0.0185. The topological polar surface area (TPSA) is 56.5 Å². The van der Waals surface area contributed by atoms with Gasteiger partial charge in [0.1, 0.15) is 5.75 Å². The van der Waals surface area contributed by atoms with Gasteiger partial charge in [-0.1, -0.05) is 12.1 Å². The summed E-state index contributed by atoms with van der Waals surface area (Å²) < 4.78 is 11.6. The van der Waals surface area contributed by atoms with Crippen LogP contribution in [-0.4, -0.2) is 18.3 Å². The smallest absolute Gasteiger partial charge is 0.119 e. The van der Waals surface area contributed by atoms with Crippen molar-refractivity contribution >= 4 is 0 Å². The van der Waals surface area contributed by atoms with Crippen molar-refractivity contribution in [3.05, 3.63) is 29.8 Å². The van der Waals surface area contributed by atoms with Crippen molar-refractivity contribution in [3.8, 4) is 5.75 Å². The van der Waals surface area contributed by atoms with E-state index in [-0.39, 0.29) is 11.6 Å². The van der Waals surface area contributed by atoms with Crippen molar-refractivity contribution in [1.82, 2.24) is 5.43 Å². The van der Waals surface area contributed by atoms with Crippen molar-refractivity contribution in [2.45, 2.75) is 50.4 Å². The van der Waals surface area contributed by atoms with E-state index in [1.54, 1.807) is 0 Å². The lowest BCUT2D eigenvalue weighted by Gasteiger charge is -2.33. The van der Waals surface area contributed by atoms with Crippen LogP contribution in [0.25, 0.3) is 0 Å². The first-order valence-corrected chi connectivity index (χ1v) is 7.08. The van der Waals surface area contributed by atoms with Gasteiger partial charge in [0.05, 0.1) is 17.7 Å². The summed E-state index contributed by atoms with van der Waals surface area (Å²) in [5, 5.41) is 0. The van der Waals surface area contributed by atoms with Gasteiger partial charge in [-0.05, 0) is 50.3 Å². The minimum atomic E-state index is -0.215. The highest BCUT2D eigenvalue weighted by atomic mass is 16.5. The molecule has 1 aromatic rings. The van der Waals surface area contributed by atoms with E-state index in [4.69, 9.17) is 15.3 Å². The van der Waals surface area contributed by atoms with Gasteiger partial charge in [0.15, 0.2) is 0 Å². The first-order chi connectivity index (χ1) is 9.21. The van der Waals surface area contributed by atoms with Crippen LogP contribution in [0, 0.1) is 0 Å². The fourth-order valence-electron chi connectivity index (χ4n) is 2.77. The zero-order chi connectivity index (χ0) is 13.3. The van der Waals surface area contributed by atoms with Crippen LogP contribution < -0.4 is 16.0 Å². The van der Waals surface area contributed by atoms with Crippen LogP contribution in [0.5, 0.6) is 5.75 Å². The zero-order valence-corrected chi connectivity index (χ0v) is 11.4. The molecule has 0 bridgehead atoms. The Hall–Kier alpha value is -1.10. The number of hydrazine groups is 1. The fourth-order valence-corrected chi connectivity index (χ4v) is 2.77. The van der Waals surface area contributed by atoms with Gasteiger partial charge >= 0.3 is 0 Å². The second-order valence-electron chi connectivity index (χ2n) is 5.75. The molecular weight excluding hydrogens is 240 g/mol. The summed E-state index contributed by atoms with van der Waals surface area (Å²) >= 11 is 0. The predicted octanol–water partition coefficient (Wildman–Crippen LogP) is 2.30. The summed E-state index contributed by atoms with van der Waals surface area (Å²) in [6.07, 6.45) is 4.92. The third-order valence-corrected chi connectivity index (χ3v) is 4.07. The summed E-state index contributed by atoms with van der Waals surface area (Å²) in [6.45, 7) is 2.94. The maximum atomic E-state index is 5.88. The molecule has 0 radical (unpaired) electrons. The Morgan fingerprint density at radius 2 is 2.11 bits per heavy atom. The molecule has 1 saturated carbocycles. The van der Waals surface area contributed by atoms with Crippen molar-refractivity contribution in [3.63, 3.8) is 0 Å². The van der Waals surface area contributed by atoms with Crippen molar-refractivity contribution in [1.29, 1.82) is 0 Å². The lowest BCUT2D eigenvalue weighted by molar-refractivity contribution is -0.0125. The van der Waals surface area contributed by atoms with Gasteiger partial charge in [0.2, 0.25) is 0 Å². The summed E-state index contributed by atoms with van der Waals surface area (Å²) in [5.41, 5.74) is 3.84. The Kier molecular flexibility index (Phi) is 3.48. The molecule has 0 spiro atoms. The summed E-state index contributed by atoms with van der Waals surface area (Å²) in [5.74, 6) is 6.68. The maximum absolute atomic E-state index is 5.88. The average Bonchev–Trinajstić information content (AvgIpc) is 3.12. The van der Waals surface area contributed by atoms with Crippen LogP contribution in [0.3, 0.4) is 0 Å². The predicted molar refractivity (Wildman–Crippen MR) is 73.7 cm³/mol. The van der Waals surface area contributed by atoms with E-state index in [9.17, 15) is 0 Å². The molecule has 3 N–H and O–H groups in total. The molecule has 1 heterocycles. The summed E-state index contributed by atoms with van der Waals surface area (Å²) in [7, 11) is 0. The molecule has 0 aromatic heterocycles. The van der Waals surface area contributed by atoms with Gasteiger partial charge in [-0.3, -0.25) is 11.3 Å². The summed E-state index contributed by atoms with van der Waals surface area (Å²) in [4.78, 5) is 0. The number of nitrogens with one attached hydrogen (secondary N) is 1. The van der Waals surface area contributed by atoms with Crippen LogP contribution in [0.15, 0.2) is 24.3 Å². The lowest BCUT2D eigenvalue weighted by atomic mass is 9.88. The van der Waals surface area contributed by atoms with Crippen molar-refractivity contribution < 1.29 is 9.47 Å². The van der Waals surface area contributed by atoms with E-state index in [0.29, 0.717) is 6.10 Å². The monoisotopic (exact) mass is 262 g/mol. The number of hydrogen-bond donors (Lipinski definition) is 2. The van der Waals surface area contributed by atoms with Gasteiger partial charge in [0.25, 0.3) is 0 Å². The van der Waals surface area contributed by atoms with E-state index in [0.717, 1.165) is 30.8 Å². The van der Waals surface area contributed by atoms with Crippen LogP contribution in [0.1, 0.15) is 44.2 Å².